The number of hydrogen-bond donors (Lipinski definition) is 5. The molecule has 1 aromatic heterocycles. The lowest BCUT2D eigenvalue weighted by atomic mass is 9.89. The molecule has 0 radical (unpaired) electrons. The molecule has 13 heteroatoms. The second kappa shape index (κ2) is 18.6. The van der Waals surface area contributed by atoms with Gasteiger partial charge in [-0.1, -0.05) is 63.2 Å². The van der Waals surface area contributed by atoms with Gasteiger partial charge in [0.25, 0.3) is 0 Å². The highest BCUT2D eigenvalue weighted by atomic mass is 32.1. The van der Waals surface area contributed by atoms with Gasteiger partial charge in [0.15, 0.2) is 16.8 Å². The number of aliphatic imine (C=N–C) groups is 1. The molecule has 0 fully saturated rings. The average Bonchev–Trinajstić information content (AvgIpc) is 3.48. The number of aromatic nitrogens is 1. The monoisotopic (exact) mass is 677 g/mol. The molecular formula is C35H47N7O5S. The number of nitrogens with two attached hydrogens (primary N) is 3. The summed E-state index contributed by atoms with van der Waals surface area (Å²) in [5.41, 5.74) is 17.8. The third-order valence-corrected chi connectivity index (χ3v) is 8.93. The number of para-hydroxylation sites is 1. The molecule has 4 atom stereocenters. The van der Waals surface area contributed by atoms with Crippen molar-refractivity contribution in [2.75, 3.05) is 6.54 Å². The number of amides is 3. The van der Waals surface area contributed by atoms with Crippen LogP contribution in [0.2, 0.25) is 0 Å². The molecule has 0 aliphatic heterocycles. The Balaban J connectivity index is 1.87. The molecule has 3 amide bonds. The van der Waals surface area contributed by atoms with Gasteiger partial charge >= 0.3 is 0 Å². The Morgan fingerprint density at radius 3 is 2.17 bits per heavy atom. The minimum Gasteiger partial charge on any atom is -0.370 e. The van der Waals surface area contributed by atoms with Crippen LogP contribution in [0.25, 0.3) is 10.2 Å². The molecule has 258 valence electrons. The van der Waals surface area contributed by atoms with Gasteiger partial charge in [-0.2, -0.15) is 0 Å². The number of nitrogens with one attached hydrogen (secondary N) is 2. The highest BCUT2D eigenvalue weighted by molar-refractivity contribution is 7.20. The molecular weight excluding hydrogens is 630 g/mol. The van der Waals surface area contributed by atoms with Crippen LogP contribution in [0.1, 0.15) is 74.7 Å². The zero-order valence-corrected chi connectivity index (χ0v) is 28.6. The average molecular weight is 678 g/mol. The predicted octanol–water partition coefficient (Wildman–Crippen LogP) is 3.27. The number of hydrogen-bond acceptors (Lipinski definition) is 8. The molecule has 0 aliphatic carbocycles. The van der Waals surface area contributed by atoms with Gasteiger partial charge < -0.3 is 27.8 Å². The van der Waals surface area contributed by atoms with E-state index in [4.69, 9.17) is 17.2 Å². The Morgan fingerprint density at radius 2 is 1.52 bits per heavy atom. The van der Waals surface area contributed by atoms with Crippen molar-refractivity contribution in [2.24, 2.45) is 39.9 Å². The smallest absolute Gasteiger partial charge is 0.224 e. The van der Waals surface area contributed by atoms with Crippen molar-refractivity contribution in [3.63, 3.8) is 0 Å². The molecule has 8 N–H and O–H groups in total. The fraction of sp³-hybridized carbons (Fsp3) is 0.457. The molecule has 3 aromatic rings. The van der Waals surface area contributed by atoms with Crippen molar-refractivity contribution in [1.29, 1.82) is 0 Å². The first-order chi connectivity index (χ1) is 22.8. The lowest BCUT2D eigenvalue weighted by molar-refractivity contribution is -0.133. The Bertz CT molecular complexity index is 1550. The molecule has 3 rings (SSSR count). The van der Waals surface area contributed by atoms with E-state index in [1.54, 1.807) is 6.92 Å². The van der Waals surface area contributed by atoms with Crippen LogP contribution < -0.4 is 27.8 Å². The van der Waals surface area contributed by atoms with Gasteiger partial charge in [0.05, 0.1) is 22.3 Å². The standard InChI is InChI=1S/C35H47N7O5S/c1-21(2)18-22(3)32(46)40-25(15-16-30(36)44)28(43)20-24(19-23-10-5-4-6-11-23)33(47)41-27(13-9-17-39-35(37)38)31(45)34-42-26-12-7-8-14-29(26)48-34/h4-8,10-12,14,21-22,24-25,27H,9,13,15-20H2,1-3H3,(H2,36,44)(H,40,46)(H,41,47)(H4,37,38,39)/t22-,24+,25-,27-/m0/s1. The molecule has 1 heterocycles. The topological polar surface area (TPSA) is 213 Å². The molecule has 48 heavy (non-hydrogen) atoms. The van der Waals surface area contributed by atoms with Crippen molar-refractivity contribution in [2.45, 2.75) is 77.8 Å². The number of guanidine groups is 1. The summed E-state index contributed by atoms with van der Waals surface area (Å²) in [5.74, 6) is -3.22. The number of rotatable bonds is 20. The summed E-state index contributed by atoms with van der Waals surface area (Å²) in [4.78, 5) is 74.8. The Hall–Kier alpha value is -4.65. The molecule has 0 bridgehead atoms. The Morgan fingerprint density at radius 1 is 0.854 bits per heavy atom. The van der Waals surface area contributed by atoms with Crippen molar-refractivity contribution < 1.29 is 24.0 Å². The molecule has 0 aliphatic rings. The van der Waals surface area contributed by atoms with Crippen molar-refractivity contribution in [3.05, 3.63) is 65.2 Å². The summed E-state index contributed by atoms with van der Waals surface area (Å²) in [6.45, 7) is 6.04. The zero-order valence-electron chi connectivity index (χ0n) is 27.8. The molecule has 0 saturated heterocycles. The summed E-state index contributed by atoms with van der Waals surface area (Å²) >= 11 is 1.24. The first kappa shape index (κ1) is 37.8. The fourth-order valence-corrected chi connectivity index (χ4v) is 6.42. The number of ketones is 2. The van der Waals surface area contributed by atoms with Gasteiger partial charge in [-0.05, 0) is 55.7 Å². The highest BCUT2D eigenvalue weighted by Gasteiger charge is 2.32. The maximum absolute atomic E-state index is 14.0. The van der Waals surface area contributed by atoms with E-state index in [-0.39, 0.29) is 73.1 Å². The van der Waals surface area contributed by atoms with E-state index in [0.717, 1.165) is 10.3 Å². The van der Waals surface area contributed by atoms with Crippen LogP contribution in [0.5, 0.6) is 0 Å². The number of thiazole rings is 1. The van der Waals surface area contributed by atoms with Gasteiger partial charge in [0, 0.05) is 31.2 Å². The fourth-order valence-electron chi connectivity index (χ4n) is 5.46. The minimum atomic E-state index is -1.01. The van der Waals surface area contributed by atoms with E-state index in [2.05, 4.69) is 20.6 Å². The number of fused-ring (bicyclic) bond motifs is 1. The van der Waals surface area contributed by atoms with Crippen LogP contribution in [0.4, 0.5) is 0 Å². The highest BCUT2D eigenvalue weighted by Crippen LogP contribution is 2.24. The number of carbonyl (C=O) groups excluding carboxylic acids is 5. The second-order valence-corrected chi connectivity index (χ2v) is 13.5. The molecule has 0 unspecified atom stereocenters. The van der Waals surface area contributed by atoms with Gasteiger partial charge in [-0.25, -0.2) is 4.98 Å². The summed E-state index contributed by atoms with van der Waals surface area (Å²) in [5, 5.41) is 5.95. The third-order valence-electron chi connectivity index (χ3n) is 7.88. The number of nitrogens with zero attached hydrogens (tertiary/aromatic N) is 2. The van der Waals surface area contributed by atoms with Gasteiger partial charge in [0.1, 0.15) is 0 Å². The first-order valence-corrected chi connectivity index (χ1v) is 17.1. The van der Waals surface area contributed by atoms with E-state index >= 15 is 0 Å². The number of primary amides is 1. The van der Waals surface area contributed by atoms with Crippen molar-refractivity contribution in [3.8, 4) is 0 Å². The van der Waals surface area contributed by atoms with Crippen LogP contribution in [0.15, 0.2) is 59.6 Å². The third kappa shape index (κ3) is 12.2. The lowest BCUT2D eigenvalue weighted by Gasteiger charge is -2.24. The summed E-state index contributed by atoms with van der Waals surface area (Å²) < 4.78 is 0.839. The van der Waals surface area contributed by atoms with E-state index in [9.17, 15) is 24.0 Å². The molecule has 2 aromatic carbocycles. The van der Waals surface area contributed by atoms with Crippen LogP contribution in [-0.2, 0) is 25.6 Å². The lowest BCUT2D eigenvalue weighted by Crippen LogP contribution is -2.47. The quantitative estimate of drug-likeness (QED) is 0.0517. The maximum atomic E-state index is 14.0. The Labute approximate surface area is 285 Å². The number of Topliss-reactive ketones (excluding diaryl/α,β-unsaturated/α-hetero) is 2. The van der Waals surface area contributed by atoms with E-state index in [1.807, 2.05) is 68.4 Å². The maximum Gasteiger partial charge on any atom is 0.224 e. The number of benzene rings is 2. The summed E-state index contributed by atoms with van der Waals surface area (Å²) in [7, 11) is 0. The van der Waals surface area contributed by atoms with Gasteiger partial charge in [0.2, 0.25) is 23.5 Å². The largest absolute Gasteiger partial charge is 0.370 e. The minimum absolute atomic E-state index is 0.0114. The van der Waals surface area contributed by atoms with Gasteiger partial charge in [-0.3, -0.25) is 29.0 Å². The summed E-state index contributed by atoms with van der Waals surface area (Å²) in [6.07, 6.45) is 1.12. The molecule has 0 saturated carbocycles. The van der Waals surface area contributed by atoms with Crippen LogP contribution >= 0.6 is 11.3 Å². The Kier molecular flexibility index (Phi) is 14.7. The normalized spacial score (nSPS) is 13.7. The van der Waals surface area contributed by atoms with E-state index in [0.29, 0.717) is 18.4 Å². The SMILES string of the molecule is CC(C)C[C@H](C)C(=O)N[C@@H](CCC(N)=O)C(=O)C[C@@H](Cc1ccccc1)C(=O)N[C@@H](CCCN=C(N)N)C(=O)c1nc2ccccc2s1. The zero-order chi connectivity index (χ0) is 35.2. The molecule has 12 nitrogen and oxygen atoms in total. The summed E-state index contributed by atoms with van der Waals surface area (Å²) in [6, 6.07) is 14.6. The van der Waals surface area contributed by atoms with Crippen LogP contribution in [0.3, 0.4) is 0 Å². The van der Waals surface area contributed by atoms with E-state index in [1.165, 1.54) is 11.3 Å². The number of carbonyl (C=O) groups is 5. The van der Waals surface area contributed by atoms with Crippen molar-refractivity contribution >= 4 is 56.8 Å². The predicted molar refractivity (Wildman–Crippen MR) is 188 cm³/mol. The first-order valence-electron chi connectivity index (χ1n) is 16.2. The molecule has 0 spiro atoms. The van der Waals surface area contributed by atoms with Crippen molar-refractivity contribution in [1.82, 2.24) is 15.6 Å². The van der Waals surface area contributed by atoms with Gasteiger partial charge in [-0.15, -0.1) is 11.3 Å². The second-order valence-electron chi connectivity index (χ2n) is 12.5. The van der Waals surface area contributed by atoms with Crippen LogP contribution in [0, 0.1) is 17.8 Å². The van der Waals surface area contributed by atoms with E-state index < -0.39 is 35.6 Å². The van der Waals surface area contributed by atoms with Crippen LogP contribution in [-0.4, -0.2) is 58.9 Å².